The highest BCUT2D eigenvalue weighted by atomic mass is 16.5. The molecule has 4 nitrogen and oxygen atoms in total. The van der Waals surface area contributed by atoms with Gasteiger partial charge in [-0.2, -0.15) is 0 Å². The highest BCUT2D eigenvalue weighted by molar-refractivity contribution is 5.97. The summed E-state index contributed by atoms with van der Waals surface area (Å²) in [6.45, 7) is 1.67. The molecule has 0 unspecified atom stereocenters. The molecule has 0 bridgehead atoms. The molecule has 1 heterocycles. The van der Waals surface area contributed by atoms with Crippen LogP contribution >= 0.6 is 0 Å². The van der Waals surface area contributed by atoms with Gasteiger partial charge >= 0.3 is 0 Å². The molecule has 19 heavy (non-hydrogen) atoms. The topological polar surface area (TPSA) is 38.8 Å². The molecule has 104 valence electrons. The molecule has 0 spiro atoms. The number of likely N-dealkylation sites (tertiary alicyclic amines) is 1. The van der Waals surface area contributed by atoms with Crippen molar-refractivity contribution in [2.75, 3.05) is 27.3 Å². The van der Waals surface area contributed by atoms with E-state index in [9.17, 15) is 4.79 Å². The Morgan fingerprint density at radius 3 is 2.32 bits per heavy atom. The van der Waals surface area contributed by atoms with Crippen molar-refractivity contribution in [3.8, 4) is 11.5 Å². The lowest BCUT2D eigenvalue weighted by Gasteiger charge is -2.21. The monoisotopic (exact) mass is 263 g/mol. The molecular formula is C15H21NO3. The largest absolute Gasteiger partial charge is 0.497 e. The molecule has 1 aliphatic rings. The first-order valence-electron chi connectivity index (χ1n) is 6.77. The normalized spacial score (nSPS) is 15.8. The predicted octanol–water partition coefficient (Wildman–Crippen LogP) is 2.72. The van der Waals surface area contributed by atoms with Crippen molar-refractivity contribution in [1.29, 1.82) is 0 Å². The second-order valence-electron chi connectivity index (χ2n) is 4.77. The smallest absolute Gasteiger partial charge is 0.257 e. The number of ether oxygens (including phenoxy) is 2. The van der Waals surface area contributed by atoms with Crippen molar-refractivity contribution in [2.24, 2.45) is 0 Å². The van der Waals surface area contributed by atoms with E-state index in [1.54, 1.807) is 32.4 Å². The number of hydrogen-bond donors (Lipinski definition) is 0. The number of carbonyl (C=O) groups excluding carboxylic acids is 1. The van der Waals surface area contributed by atoms with Gasteiger partial charge in [0.15, 0.2) is 0 Å². The van der Waals surface area contributed by atoms with Gasteiger partial charge in [0.05, 0.1) is 19.8 Å². The van der Waals surface area contributed by atoms with Gasteiger partial charge in [-0.3, -0.25) is 4.79 Å². The summed E-state index contributed by atoms with van der Waals surface area (Å²) in [4.78, 5) is 14.5. The third-order valence-electron chi connectivity index (χ3n) is 3.53. The maximum atomic E-state index is 12.6. The van der Waals surface area contributed by atoms with Crippen molar-refractivity contribution < 1.29 is 14.3 Å². The second-order valence-corrected chi connectivity index (χ2v) is 4.77. The van der Waals surface area contributed by atoms with Crippen LogP contribution in [0.5, 0.6) is 11.5 Å². The van der Waals surface area contributed by atoms with Crippen LogP contribution in [0.15, 0.2) is 18.2 Å². The highest BCUT2D eigenvalue weighted by Gasteiger charge is 2.21. The summed E-state index contributed by atoms with van der Waals surface area (Å²) in [5, 5.41) is 0. The van der Waals surface area contributed by atoms with Gasteiger partial charge in [0.25, 0.3) is 5.91 Å². The van der Waals surface area contributed by atoms with Gasteiger partial charge in [-0.05, 0) is 31.0 Å². The van der Waals surface area contributed by atoms with Crippen molar-refractivity contribution in [3.05, 3.63) is 23.8 Å². The second kappa shape index (κ2) is 6.45. The molecule has 0 aromatic heterocycles. The lowest BCUT2D eigenvalue weighted by atomic mass is 10.1. The average molecular weight is 263 g/mol. The van der Waals surface area contributed by atoms with E-state index < -0.39 is 0 Å². The lowest BCUT2D eigenvalue weighted by molar-refractivity contribution is 0.0758. The molecule has 1 aromatic carbocycles. The van der Waals surface area contributed by atoms with Crippen LogP contribution in [0.3, 0.4) is 0 Å². The minimum absolute atomic E-state index is 0.0395. The van der Waals surface area contributed by atoms with Crippen LogP contribution in [0, 0.1) is 0 Å². The van der Waals surface area contributed by atoms with Crippen LogP contribution in [-0.2, 0) is 0 Å². The highest BCUT2D eigenvalue weighted by Crippen LogP contribution is 2.26. The zero-order chi connectivity index (χ0) is 13.7. The Labute approximate surface area is 114 Å². The Kier molecular flexibility index (Phi) is 4.66. The first-order chi connectivity index (χ1) is 9.26. The van der Waals surface area contributed by atoms with E-state index in [0.717, 1.165) is 25.9 Å². The van der Waals surface area contributed by atoms with Crippen LogP contribution < -0.4 is 9.47 Å². The molecule has 0 saturated carbocycles. The third-order valence-corrected chi connectivity index (χ3v) is 3.53. The molecule has 4 heteroatoms. The fraction of sp³-hybridized carbons (Fsp3) is 0.533. The minimum Gasteiger partial charge on any atom is -0.497 e. The average Bonchev–Trinajstić information content (AvgIpc) is 2.74. The fourth-order valence-corrected chi connectivity index (χ4v) is 2.43. The molecule has 0 atom stereocenters. The minimum atomic E-state index is 0.0395. The molecular weight excluding hydrogens is 242 g/mol. The zero-order valence-electron chi connectivity index (χ0n) is 11.6. The van der Waals surface area contributed by atoms with E-state index in [2.05, 4.69) is 0 Å². The predicted molar refractivity (Wildman–Crippen MR) is 73.9 cm³/mol. The van der Waals surface area contributed by atoms with Crippen LogP contribution in [0.1, 0.15) is 36.0 Å². The maximum absolute atomic E-state index is 12.6. The van der Waals surface area contributed by atoms with Crippen molar-refractivity contribution >= 4 is 5.91 Å². The number of methoxy groups -OCH3 is 2. The molecule has 1 amide bonds. The zero-order valence-corrected chi connectivity index (χ0v) is 11.6. The molecule has 1 aliphatic heterocycles. The van der Waals surface area contributed by atoms with Crippen molar-refractivity contribution in [2.45, 2.75) is 25.7 Å². The molecule has 1 aromatic rings. The third kappa shape index (κ3) is 3.19. The van der Waals surface area contributed by atoms with E-state index in [0.29, 0.717) is 17.1 Å². The summed E-state index contributed by atoms with van der Waals surface area (Å²) in [6, 6.07) is 5.34. The van der Waals surface area contributed by atoms with Crippen molar-refractivity contribution in [1.82, 2.24) is 4.90 Å². The van der Waals surface area contributed by atoms with Gasteiger partial charge in [0.2, 0.25) is 0 Å². The number of benzene rings is 1. The van der Waals surface area contributed by atoms with Crippen LogP contribution in [0.2, 0.25) is 0 Å². The summed E-state index contributed by atoms with van der Waals surface area (Å²) in [5.41, 5.74) is 0.587. The summed E-state index contributed by atoms with van der Waals surface area (Å²) < 4.78 is 10.5. The number of amides is 1. The molecule has 0 aliphatic carbocycles. The standard InChI is InChI=1S/C15H21NO3/c1-18-12-7-8-14(19-2)13(11-12)15(17)16-9-5-3-4-6-10-16/h7-8,11H,3-6,9-10H2,1-2H3. The number of rotatable bonds is 3. The van der Waals surface area contributed by atoms with Gasteiger partial charge in [-0.15, -0.1) is 0 Å². The lowest BCUT2D eigenvalue weighted by Crippen LogP contribution is -2.32. The Bertz CT molecular complexity index is 437. The molecule has 2 rings (SSSR count). The van der Waals surface area contributed by atoms with Crippen LogP contribution in [0.25, 0.3) is 0 Å². The number of nitrogens with zero attached hydrogens (tertiary/aromatic N) is 1. The van der Waals surface area contributed by atoms with E-state index in [1.165, 1.54) is 12.8 Å². The van der Waals surface area contributed by atoms with Gasteiger partial charge in [0, 0.05) is 13.1 Å². The summed E-state index contributed by atoms with van der Waals surface area (Å²) in [7, 11) is 3.18. The number of hydrogen-bond acceptors (Lipinski definition) is 3. The Morgan fingerprint density at radius 1 is 1.05 bits per heavy atom. The Balaban J connectivity index is 2.25. The van der Waals surface area contributed by atoms with E-state index >= 15 is 0 Å². The maximum Gasteiger partial charge on any atom is 0.257 e. The Morgan fingerprint density at radius 2 is 1.74 bits per heavy atom. The van der Waals surface area contributed by atoms with Gasteiger partial charge < -0.3 is 14.4 Å². The van der Waals surface area contributed by atoms with Crippen LogP contribution in [0.4, 0.5) is 0 Å². The SMILES string of the molecule is COc1ccc(OC)c(C(=O)N2CCCCCC2)c1. The fourth-order valence-electron chi connectivity index (χ4n) is 2.43. The van der Waals surface area contributed by atoms with Gasteiger partial charge in [-0.25, -0.2) is 0 Å². The van der Waals surface area contributed by atoms with E-state index in [1.807, 2.05) is 4.90 Å². The summed E-state index contributed by atoms with van der Waals surface area (Å²) in [5.74, 6) is 1.33. The molecule has 0 radical (unpaired) electrons. The van der Waals surface area contributed by atoms with Crippen LogP contribution in [-0.4, -0.2) is 38.1 Å². The quantitative estimate of drug-likeness (QED) is 0.841. The first kappa shape index (κ1) is 13.7. The van der Waals surface area contributed by atoms with Crippen molar-refractivity contribution in [3.63, 3.8) is 0 Å². The van der Waals surface area contributed by atoms with E-state index in [4.69, 9.17) is 9.47 Å². The summed E-state index contributed by atoms with van der Waals surface area (Å²) in [6.07, 6.45) is 4.58. The molecule has 1 fully saturated rings. The first-order valence-corrected chi connectivity index (χ1v) is 6.77. The van der Waals surface area contributed by atoms with Gasteiger partial charge in [-0.1, -0.05) is 12.8 Å². The molecule has 1 saturated heterocycles. The number of carbonyl (C=O) groups is 1. The molecule has 0 N–H and O–H groups in total. The summed E-state index contributed by atoms with van der Waals surface area (Å²) >= 11 is 0. The van der Waals surface area contributed by atoms with E-state index in [-0.39, 0.29) is 5.91 Å². The Hall–Kier alpha value is -1.71. The van der Waals surface area contributed by atoms with Gasteiger partial charge in [0.1, 0.15) is 11.5 Å².